The van der Waals surface area contributed by atoms with Gasteiger partial charge in [0.25, 0.3) is 5.91 Å². The van der Waals surface area contributed by atoms with Crippen LogP contribution in [0.25, 0.3) is 0 Å². The van der Waals surface area contributed by atoms with E-state index in [0.29, 0.717) is 22.9 Å². The van der Waals surface area contributed by atoms with E-state index in [1.807, 2.05) is 0 Å². The number of aliphatic hydroxyl groups is 1. The highest BCUT2D eigenvalue weighted by molar-refractivity contribution is 6.33. The summed E-state index contributed by atoms with van der Waals surface area (Å²) >= 11 is 6.38. The molecule has 1 aromatic heterocycles. The van der Waals surface area contributed by atoms with Gasteiger partial charge < -0.3 is 24.6 Å². The molecule has 3 rings (SSSR count). The molecule has 0 saturated heterocycles. The Labute approximate surface area is 195 Å². The lowest BCUT2D eigenvalue weighted by atomic mass is 10.2. The summed E-state index contributed by atoms with van der Waals surface area (Å²) in [5.74, 6) is 0.460. The van der Waals surface area contributed by atoms with Crippen LogP contribution in [0.2, 0.25) is 5.15 Å². The molecule has 0 saturated carbocycles. The van der Waals surface area contributed by atoms with Crippen LogP contribution in [0.15, 0.2) is 42.5 Å². The monoisotopic (exact) mass is 477 g/mol. The standard InChI is InChI=1S/C23H25ClFN3O5/c1-14-20(22(24)28(27-14)12-15-7-9-16(25)10-8-15)23(30)26-11-17(29)13-33-21-18(31-2)5-4-6-19(21)32-3/h4-10,17,29H,11-13H2,1-3H3,(H,26,30). The number of methoxy groups -OCH3 is 2. The number of rotatable bonds is 10. The van der Waals surface area contributed by atoms with E-state index in [1.54, 1.807) is 37.3 Å². The first kappa shape index (κ1) is 24.3. The second-order valence-corrected chi connectivity index (χ2v) is 7.56. The van der Waals surface area contributed by atoms with Crippen LogP contribution in [0, 0.1) is 12.7 Å². The Balaban J connectivity index is 1.59. The van der Waals surface area contributed by atoms with Crippen LogP contribution in [0.5, 0.6) is 17.2 Å². The van der Waals surface area contributed by atoms with E-state index in [1.165, 1.54) is 31.0 Å². The van der Waals surface area contributed by atoms with Crippen LogP contribution in [-0.4, -0.2) is 54.3 Å². The summed E-state index contributed by atoms with van der Waals surface area (Å²) in [5.41, 5.74) is 1.43. The van der Waals surface area contributed by atoms with E-state index in [0.717, 1.165) is 5.56 Å². The molecular weight excluding hydrogens is 453 g/mol. The predicted molar refractivity (Wildman–Crippen MR) is 121 cm³/mol. The molecule has 2 aromatic carbocycles. The van der Waals surface area contributed by atoms with Gasteiger partial charge in [0.2, 0.25) is 5.75 Å². The van der Waals surface area contributed by atoms with Crippen molar-refractivity contribution in [1.29, 1.82) is 0 Å². The van der Waals surface area contributed by atoms with Gasteiger partial charge in [0.05, 0.1) is 32.0 Å². The molecule has 0 spiro atoms. The summed E-state index contributed by atoms with van der Waals surface area (Å²) < 4.78 is 30.7. The fourth-order valence-corrected chi connectivity index (χ4v) is 3.50. The number of halogens is 2. The van der Waals surface area contributed by atoms with E-state index < -0.39 is 12.0 Å². The normalized spacial score (nSPS) is 11.7. The van der Waals surface area contributed by atoms with Gasteiger partial charge in [-0.1, -0.05) is 29.8 Å². The molecule has 33 heavy (non-hydrogen) atoms. The fourth-order valence-electron chi connectivity index (χ4n) is 3.18. The Morgan fingerprint density at radius 2 is 1.82 bits per heavy atom. The first-order valence-corrected chi connectivity index (χ1v) is 10.5. The molecule has 3 aromatic rings. The smallest absolute Gasteiger partial charge is 0.256 e. The van der Waals surface area contributed by atoms with Crippen LogP contribution in [0.1, 0.15) is 21.6 Å². The third-order valence-electron chi connectivity index (χ3n) is 4.84. The molecular formula is C23H25ClFN3O5. The zero-order chi connectivity index (χ0) is 24.0. The average molecular weight is 478 g/mol. The van der Waals surface area contributed by atoms with Crippen molar-refractivity contribution in [3.8, 4) is 17.2 Å². The summed E-state index contributed by atoms with van der Waals surface area (Å²) in [7, 11) is 3.00. The van der Waals surface area contributed by atoms with Gasteiger partial charge in [0.15, 0.2) is 11.5 Å². The first-order chi connectivity index (χ1) is 15.8. The maximum Gasteiger partial charge on any atom is 0.256 e. The Hall–Kier alpha value is -3.30. The fraction of sp³-hybridized carbons (Fsp3) is 0.304. The number of nitrogens with zero attached hydrogens (tertiary/aromatic N) is 2. The molecule has 1 unspecified atom stereocenters. The maximum atomic E-state index is 13.1. The van der Waals surface area contributed by atoms with Crippen molar-refractivity contribution in [3.63, 3.8) is 0 Å². The molecule has 0 aliphatic carbocycles. The van der Waals surface area contributed by atoms with Crippen LogP contribution < -0.4 is 19.5 Å². The van der Waals surface area contributed by atoms with E-state index >= 15 is 0 Å². The zero-order valence-corrected chi connectivity index (χ0v) is 19.2. The zero-order valence-electron chi connectivity index (χ0n) is 18.5. The van der Waals surface area contributed by atoms with Gasteiger partial charge in [-0.2, -0.15) is 5.10 Å². The van der Waals surface area contributed by atoms with Gasteiger partial charge >= 0.3 is 0 Å². The molecule has 10 heteroatoms. The number of carbonyl (C=O) groups excluding carboxylic acids is 1. The van der Waals surface area contributed by atoms with Gasteiger partial charge in [0, 0.05) is 6.54 Å². The molecule has 2 N–H and O–H groups in total. The number of hydrogen-bond acceptors (Lipinski definition) is 6. The van der Waals surface area contributed by atoms with Gasteiger partial charge in [0.1, 0.15) is 23.7 Å². The number of amides is 1. The van der Waals surface area contributed by atoms with Crippen molar-refractivity contribution >= 4 is 17.5 Å². The summed E-state index contributed by atoms with van der Waals surface area (Å²) in [4.78, 5) is 12.7. The SMILES string of the molecule is COc1cccc(OC)c1OCC(O)CNC(=O)c1c(C)nn(Cc2ccc(F)cc2)c1Cl. The summed E-state index contributed by atoms with van der Waals surface area (Å²) in [6.07, 6.45) is -1.00. The third-order valence-corrected chi connectivity index (χ3v) is 5.22. The van der Waals surface area contributed by atoms with Crippen LogP contribution in [0.3, 0.4) is 0 Å². The summed E-state index contributed by atoms with van der Waals surface area (Å²) in [5, 5.41) is 17.4. The number of para-hydroxylation sites is 1. The molecule has 1 atom stereocenters. The largest absolute Gasteiger partial charge is 0.493 e. The van der Waals surface area contributed by atoms with Crippen molar-refractivity contribution in [2.75, 3.05) is 27.4 Å². The topological polar surface area (TPSA) is 94.8 Å². The molecule has 1 heterocycles. The van der Waals surface area contributed by atoms with E-state index in [2.05, 4.69) is 10.4 Å². The van der Waals surface area contributed by atoms with Crippen molar-refractivity contribution in [2.45, 2.75) is 19.6 Å². The summed E-state index contributed by atoms with van der Waals surface area (Å²) in [6.45, 7) is 1.77. The highest BCUT2D eigenvalue weighted by Gasteiger charge is 2.21. The Kier molecular flexibility index (Phi) is 8.13. The van der Waals surface area contributed by atoms with Gasteiger partial charge in [-0.25, -0.2) is 9.07 Å². The highest BCUT2D eigenvalue weighted by atomic mass is 35.5. The second kappa shape index (κ2) is 11.0. The minimum Gasteiger partial charge on any atom is -0.493 e. The van der Waals surface area contributed by atoms with Crippen molar-refractivity contribution < 1.29 is 28.5 Å². The molecule has 176 valence electrons. The van der Waals surface area contributed by atoms with E-state index in [4.69, 9.17) is 25.8 Å². The molecule has 0 bridgehead atoms. The number of aliphatic hydroxyl groups excluding tert-OH is 1. The van der Waals surface area contributed by atoms with Crippen molar-refractivity contribution in [1.82, 2.24) is 15.1 Å². The second-order valence-electron chi connectivity index (χ2n) is 7.20. The predicted octanol–water partition coefficient (Wildman–Crippen LogP) is 3.22. The minimum atomic E-state index is -1.00. The van der Waals surface area contributed by atoms with Gasteiger partial charge in [-0.3, -0.25) is 4.79 Å². The molecule has 0 fully saturated rings. The lowest BCUT2D eigenvalue weighted by molar-refractivity contribution is 0.0833. The molecule has 0 aliphatic heterocycles. The third kappa shape index (κ3) is 5.94. The number of nitrogens with one attached hydrogen (secondary N) is 1. The first-order valence-electron chi connectivity index (χ1n) is 10.1. The number of ether oxygens (including phenoxy) is 3. The van der Waals surface area contributed by atoms with Crippen molar-refractivity contribution in [3.05, 3.63) is 70.3 Å². The average Bonchev–Trinajstić information content (AvgIpc) is 3.09. The van der Waals surface area contributed by atoms with E-state index in [-0.39, 0.29) is 36.2 Å². The number of carbonyl (C=O) groups is 1. The van der Waals surface area contributed by atoms with Crippen LogP contribution in [0.4, 0.5) is 4.39 Å². The van der Waals surface area contributed by atoms with Gasteiger partial charge in [-0.05, 0) is 36.8 Å². The number of benzene rings is 2. The number of aromatic nitrogens is 2. The van der Waals surface area contributed by atoms with Crippen LogP contribution >= 0.6 is 11.6 Å². The molecule has 8 nitrogen and oxygen atoms in total. The van der Waals surface area contributed by atoms with Crippen molar-refractivity contribution in [2.24, 2.45) is 0 Å². The molecule has 0 aliphatic rings. The minimum absolute atomic E-state index is 0.0742. The van der Waals surface area contributed by atoms with E-state index in [9.17, 15) is 14.3 Å². The Morgan fingerprint density at radius 1 is 1.18 bits per heavy atom. The van der Waals surface area contributed by atoms with Gasteiger partial charge in [-0.15, -0.1) is 0 Å². The molecule has 0 radical (unpaired) electrons. The number of hydrogen-bond donors (Lipinski definition) is 2. The lowest BCUT2D eigenvalue weighted by Gasteiger charge is -2.17. The lowest BCUT2D eigenvalue weighted by Crippen LogP contribution is -2.35. The summed E-state index contributed by atoms with van der Waals surface area (Å²) in [6, 6.07) is 11.1. The molecule has 1 amide bonds. The quantitative estimate of drug-likeness (QED) is 0.465. The number of aryl methyl sites for hydroxylation is 1. The maximum absolute atomic E-state index is 13.1. The Morgan fingerprint density at radius 3 is 2.42 bits per heavy atom. The Bertz CT molecular complexity index is 1080. The highest BCUT2D eigenvalue weighted by Crippen LogP contribution is 2.36. The van der Waals surface area contributed by atoms with Crippen LogP contribution in [-0.2, 0) is 6.54 Å².